The van der Waals surface area contributed by atoms with Gasteiger partial charge in [-0.15, -0.1) is 0 Å². The number of hydrogen-bond donors (Lipinski definition) is 0. The van der Waals surface area contributed by atoms with Gasteiger partial charge in [0, 0.05) is 19.3 Å². The van der Waals surface area contributed by atoms with Crippen LogP contribution in [-0.4, -0.2) is 30.8 Å². The van der Waals surface area contributed by atoms with E-state index in [-0.39, 0.29) is 5.03 Å². The minimum absolute atomic E-state index is 0.127. The van der Waals surface area contributed by atoms with Crippen LogP contribution in [-0.2, 0) is 10.0 Å². The lowest BCUT2D eigenvalue weighted by molar-refractivity contribution is 0.386. The molecule has 0 aliphatic carbocycles. The Morgan fingerprint density at radius 3 is 2.50 bits per heavy atom. The molecule has 86 valence electrons. The Balaban J connectivity index is 2.23. The third kappa shape index (κ3) is 2.15. The van der Waals surface area contributed by atoms with Crippen molar-refractivity contribution in [2.45, 2.75) is 17.9 Å². The summed E-state index contributed by atoms with van der Waals surface area (Å²) in [5.41, 5.74) is 1.12. The molecule has 0 saturated carbocycles. The quantitative estimate of drug-likeness (QED) is 0.732. The van der Waals surface area contributed by atoms with Crippen LogP contribution in [0.15, 0.2) is 41.6 Å². The first-order valence-corrected chi connectivity index (χ1v) is 6.62. The Labute approximate surface area is 95.7 Å². The van der Waals surface area contributed by atoms with Crippen molar-refractivity contribution in [2.75, 3.05) is 13.1 Å². The van der Waals surface area contributed by atoms with E-state index in [1.807, 2.05) is 0 Å². The second kappa shape index (κ2) is 4.35. The highest BCUT2D eigenvalue weighted by Gasteiger charge is 2.27. The predicted molar refractivity (Wildman–Crippen MR) is 61.4 cm³/mol. The molecule has 16 heavy (non-hydrogen) atoms. The average Bonchev–Trinajstić information content (AvgIpc) is 2.31. The number of sulfonamides is 1. The highest BCUT2D eigenvalue weighted by atomic mass is 32.2. The highest BCUT2D eigenvalue weighted by Crippen LogP contribution is 2.20. The molecule has 0 amide bonds. The molecule has 0 radical (unpaired) electrons. The molecule has 1 saturated heterocycles. The van der Waals surface area contributed by atoms with Gasteiger partial charge in [0.15, 0.2) is 5.03 Å². The Morgan fingerprint density at radius 2 is 1.94 bits per heavy atom. The van der Waals surface area contributed by atoms with Gasteiger partial charge >= 0.3 is 0 Å². The predicted octanol–water partition coefficient (Wildman–Crippen LogP) is 1.42. The molecule has 1 aromatic rings. The van der Waals surface area contributed by atoms with Crippen LogP contribution in [0.1, 0.15) is 12.8 Å². The third-order valence-electron chi connectivity index (χ3n) is 2.67. The molecule has 2 rings (SSSR count). The summed E-state index contributed by atoms with van der Waals surface area (Å²) in [4.78, 5) is 3.89. The fourth-order valence-electron chi connectivity index (χ4n) is 1.67. The van der Waals surface area contributed by atoms with Crippen LogP contribution in [0.4, 0.5) is 0 Å². The van der Waals surface area contributed by atoms with E-state index in [1.165, 1.54) is 16.6 Å². The van der Waals surface area contributed by atoms with E-state index in [0.717, 1.165) is 18.4 Å². The lowest BCUT2D eigenvalue weighted by Gasteiger charge is -2.26. The van der Waals surface area contributed by atoms with Crippen LogP contribution in [0.25, 0.3) is 0 Å². The Bertz CT molecular complexity index is 472. The number of nitrogens with zero attached hydrogens (tertiary/aromatic N) is 2. The van der Waals surface area contributed by atoms with Crippen LogP contribution in [0.3, 0.4) is 0 Å². The first-order valence-electron chi connectivity index (χ1n) is 5.18. The maximum Gasteiger partial charge on any atom is 0.260 e. The van der Waals surface area contributed by atoms with Crippen molar-refractivity contribution in [3.05, 3.63) is 36.5 Å². The Hall–Kier alpha value is -1.20. The molecule has 1 aliphatic heterocycles. The van der Waals surface area contributed by atoms with Crippen molar-refractivity contribution in [3.63, 3.8) is 0 Å². The standard InChI is InChI=1S/C11H14N2O2S/c1-10-5-8-13(9-6-10)16(14,15)11-4-2-3-7-12-11/h2-4,7H,1,5-6,8-9H2. The molecule has 0 bridgehead atoms. The van der Waals surface area contributed by atoms with Crippen molar-refractivity contribution in [1.82, 2.24) is 9.29 Å². The minimum Gasteiger partial charge on any atom is -0.243 e. The van der Waals surface area contributed by atoms with Crippen molar-refractivity contribution in [2.24, 2.45) is 0 Å². The molecule has 1 aliphatic rings. The third-order valence-corrected chi connectivity index (χ3v) is 4.49. The zero-order valence-electron chi connectivity index (χ0n) is 8.96. The molecule has 0 unspecified atom stereocenters. The molecular formula is C11H14N2O2S. The van der Waals surface area contributed by atoms with E-state index >= 15 is 0 Å². The molecule has 0 N–H and O–H groups in total. The van der Waals surface area contributed by atoms with E-state index in [2.05, 4.69) is 11.6 Å². The van der Waals surface area contributed by atoms with Crippen molar-refractivity contribution >= 4 is 10.0 Å². The maximum atomic E-state index is 12.1. The van der Waals surface area contributed by atoms with Crippen molar-refractivity contribution in [1.29, 1.82) is 0 Å². The van der Waals surface area contributed by atoms with Crippen LogP contribution in [0.2, 0.25) is 0 Å². The molecule has 4 nitrogen and oxygen atoms in total. The molecule has 1 aromatic heterocycles. The average molecular weight is 238 g/mol. The van der Waals surface area contributed by atoms with Gasteiger partial charge in [0.05, 0.1) is 0 Å². The summed E-state index contributed by atoms with van der Waals surface area (Å²) in [6.45, 7) is 4.89. The summed E-state index contributed by atoms with van der Waals surface area (Å²) in [7, 11) is -3.40. The van der Waals surface area contributed by atoms with E-state index in [9.17, 15) is 8.42 Å². The van der Waals surface area contributed by atoms with Crippen LogP contribution >= 0.6 is 0 Å². The number of piperidine rings is 1. The monoisotopic (exact) mass is 238 g/mol. The molecular weight excluding hydrogens is 224 g/mol. The SMILES string of the molecule is C=C1CCN(S(=O)(=O)c2ccccn2)CC1. The Kier molecular flexibility index (Phi) is 3.07. The number of aromatic nitrogens is 1. The van der Waals surface area contributed by atoms with Gasteiger partial charge in [-0.25, -0.2) is 13.4 Å². The summed E-state index contributed by atoms with van der Waals surface area (Å²) in [6, 6.07) is 4.92. The number of rotatable bonds is 2. The lowest BCUT2D eigenvalue weighted by Crippen LogP contribution is -2.36. The number of pyridine rings is 1. The van der Waals surface area contributed by atoms with Crippen molar-refractivity contribution in [3.8, 4) is 0 Å². The molecule has 2 heterocycles. The van der Waals surface area contributed by atoms with E-state index < -0.39 is 10.0 Å². The first-order chi connectivity index (χ1) is 7.60. The van der Waals surface area contributed by atoms with Gasteiger partial charge in [0.2, 0.25) is 0 Å². The van der Waals surface area contributed by atoms with Crippen LogP contribution in [0.5, 0.6) is 0 Å². The Morgan fingerprint density at radius 1 is 1.25 bits per heavy atom. The molecule has 0 aromatic carbocycles. The second-order valence-electron chi connectivity index (χ2n) is 3.82. The summed E-state index contributed by atoms with van der Waals surface area (Å²) in [6.07, 6.45) is 2.98. The molecule has 1 fully saturated rings. The zero-order chi connectivity index (χ0) is 11.6. The van der Waals surface area contributed by atoms with Gasteiger partial charge in [-0.05, 0) is 25.0 Å². The highest BCUT2D eigenvalue weighted by molar-refractivity contribution is 7.89. The fraction of sp³-hybridized carbons (Fsp3) is 0.364. The topological polar surface area (TPSA) is 50.3 Å². The summed E-state index contributed by atoms with van der Waals surface area (Å²) >= 11 is 0. The smallest absolute Gasteiger partial charge is 0.243 e. The summed E-state index contributed by atoms with van der Waals surface area (Å²) in [5, 5.41) is 0.127. The summed E-state index contributed by atoms with van der Waals surface area (Å²) in [5.74, 6) is 0. The zero-order valence-corrected chi connectivity index (χ0v) is 9.78. The minimum atomic E-state index is -3.40. The van der Waals surface area contributed by atoms with Gasteiger partial charge in [0.1, 0.15) is 0 Å². The van der Waals surface area contributed by atoms with Gasteiger partial charge in [-0.2, -0.15) is 4.31 Å². The van der Waals surface area contributed by atoms with E-state index in [1.54, 1.807) is 12.1 Å². The molecule has 5 heteroatoms. The molecule has 0 spiro atoms. The fourth-order valence-corrected chi connectivity index (χ4v) is 3.05. The van der Waals surface area contributed by atoms with Gasteiger partial charge < -0.3 is 0 Å². The first kappa shape index (κ1) is 11.3. The van der Waals surface area contributed by atoms with Crippen molar-refractivity contribution < 1.29 is 8.42 Å². The van der Waals surface area contributed by atoms with Gasteiger partial charge in [0.25, 0.3) is 10.0 Å². The van der Waals surface area contributed by atoms with E-state index in [0.29, 0.717) is 13.1 Å². The van der Waals surface area contributed by atoms with Gasteiger partial charge in [-0.1, -0.05) is 18.2 Å². The van der Waals surface area contributed by atoms with Crippen LogP contribution in [0, 0.1) is 0 Å². The van der Waals surface area contributed by atoms with E-state index in [4.69, 9.17) is 0 Å². The number of hydrogen-bond acceptors (Lipinski definition) is 3. The largest absolute Gasteiger partial charge is 0.260 e. The summed E-state index contributed by atoms with van der Waals surface area (Å²) < 4.78 is 25.7. The maximum absolute atomic E-state index is 12.1. The lowest BCUT2D eigenvalue weighted by atomic mass is 10.1. The van der Waals surface area contributed by atoms with Gasteiger partial charge in [-0.3, -0.25) is 0 Å². The van der Waals surface area contributed by atoms with Crippen LogP contribution < -0.4 is 0 Å². The second-order valence-corrected chi connectivity index (χ2v) is 5.71. The molecule has 0 atom stereocenters. The normalized spacial score (nSPS) is 18.6.